The number of amides is 2. The van der Waals surface area contributed by atoms with E-state index in [1.54, 1.807) is 0 Å². The van der Waals surface area contributed by atoms with E-state index >= 15 is 0 Å². The average molecular weight is 401 g/mol. The Bertz CT molecular complexity index is 859. The highest BCUT2D eigenvalue weighted by atomic mass is 32.2. The molecule has 1 aromatic heterocycles. The van der Waals surface area contributed by atoms with Crippen LogP contribution in [-0.4, -0.2) is 62.6 Å². The van der Waals surface area contributed by atoms with E-state index in [1.165, 1.54) is 18.2 Å². The quantitative estimate of drug-likeness (QED) is 0.724. The van der Waals surface area contributed by atoms with Gasteiger partial charge in [0.05, 0.1) is 16.8 Å². The van der Waals surface area contributed by atoms with E-state index in [4.69, 9.17) is 4.98 Å². The molecule has 28 heavy (non-hydrogen) atoms. The number of piperidine rings is 1. The maximum Gasteiger partial charge on any atom is 0.242 e. The van der Waals surface area contributed by atoms with Gasteiger partial charge in [-0.3, -0.25) is 9.59 Å². The average Bonchev–Trinajstić information content (AvgIpc) is 3.35. The number of aromatic nitrogens is 2. The molecule has 0 unspecified atom stereocenters. The van der Waals surface area contributed by atoms with Crippen molar-refractivity contribution in [2.24, 2.45) is 0 Å². The van der Waals surface area contributed by atoms with Gasteiger partial charge in [-0.25, -0.2) is 4.98 Å². The number of benzene rings is 1. The number of fused-ring (bicyclic) bond motifs is 1. The minimum Gasteiger partial charge on any atom is -0.341 e. The van der Waals surface area contributed by atoms with Crippen molar-refractivity contribution < 1.29 is 9.59 Å². The number of carbonyl (C=O) groups excluding carboxylic acids is 2. The van der Waals surface area contributed by atoms with Gasteiger partial charge in [0, 0.05) is 25.7 Å². The molecule has 2 aliphatic rings. The van der Waals surface area contributed by atoms with Crippen LogP contribution < -0.4 is 0 Å². The molecule has 2 saturated heterocycles. The number of nitrogens with zero attached hydrogens (tertiary/aromatic N) is 4. The van der Waals surface area contributed by atoms with Gasteiger partial charge in [0.15, 0.2) is 5.16 Å². The SMILES string of the molecule is C[C@H]1CCCCN1C(=O)CSc1nc2ccccc2n1CC(=O)N1CCCC1. The van der Waals surface area contributed by atoms with Crippen molar-refractivity contribution in [3.05, 3.63) is 24.3 Å². The zero-order valence-electron chi connectivity index (χ0n) is 16.5. The highest BCUT2D eigenvalue weighted by molar-refractivity contribution is 7.99. The van der Waals surface area contributed by atoms with Gasteiger partial charge >= 0.3 is 0 Å². The van der Waals surface area contributed by atoms with E-state index in [0.717, 1.165) is 61.5 Å². The van der Waals surface area contributed by atoms with E-state index in [9.17, 15) is 9.59 Å². The lowest BCUT2D eigenvalue weighted by Gasteiger charge is -2.33. The van der Waals surface area contributed by atoms with Crippen LogP contribution in [0, 0.1) is 0 Å². The van der Waals surface area contributed by atoms with E-state index in [2.05, 4.69) is 6.92 Å². The van der Waals surface area contributed by atoms with Gasteiger partial charge in [-0.15, -0.1) is 0 Å². The number of para-hydroxylation sites is 2. The molecule has 4 rings (SSSR count). The zero-order valence-corrected chi connectivity index (χ0v) is 17.3. The molecule has 2 aromatic rings. The lowest BCUT2D eigenvalue weighted by molar-refractivity contribution is -0.131. The number of carbonyl (C=O) groups is 2. The second-order valence-electron chi connectivity index (χ2n) is 7.78. The summed E-state index contributed by atoms with van der Waals surface area (Å²) in [5, 5.41) is 0.756. The normalized spacial score (nSPS) is 20.1. The number of rotatable bonds is 5. The Labute approximate surface area is 170 Å². The predicted molar refractivity (Wildman–Crippen MR) is 111 cm³/mol. The zero-order chi connectivity index (χ0) is 19.5. The summed E-state index contributed by atoms with van der Waals surface area (Å²) in [4.78, 5) is 34.1. The van der Waals surface area contributed by atoms with Gasteiger partial charge < -0.3 is 14.4 Å². The van der Waals surface area contributed by atoms with Crippen LogP contribution in [-0.2, 0) is 16.1 Å². The monoisotopic (exact) mass is 400 g/mol. The number of hydrogen-bond acceptors (Lipinski definition) is 4. The van der Waals surface area contributed by atoms with Crippen molar-refractivity contribution in [1.29, 1.82) is 0 Å². The Kier molecular flexibility index (Phi) is 5.90. The summed E-state index contributed by atoms with van der Waals surface area (Å²) >= 11 is 1.45. The van der Waals surface area contributed by atoms with Crippen molar-refractivity contribution in [2.45, 2.75) is 56.8 Å². The number of thioether (sulfide) groups is 1. The van der Waals surface area contributed by atoms with Crippen molar-refractivity contribution in [3.8, 4) is 0 Å². The highest BCUT2D eigenvalue weighted by Gasteiger charge is 2.25. The molecule has 1 atom stereocenters. The maximum absolute atomic E-state index is 12.7. The first-order valence-electron chi connectivity index (χ1n) is 10.3. The topological polar surface area (TPSA) is 58.4 Å². The lowest BCUT2D eigenvalue weighted by Crippen LogP contribution is -2.43. The number of likely N-dealkylation sites (tertiary alicyclic amines) is 2. The first-order chi connectivity index (χ1) is 13.6. The van der Waals surface area contributed by atoms with Crippen LogP contribution in [0.4, 0.5) is 0 Å². The molecule has 2 aliphatic heterocycles. The van der Waals surface area contributed by atoms with E-state index in [-0.39, 0.29) is 18.4 Å². The minimum absolute atomic E-state index is 0.137. The predicted octanol–water partition coefficient (Wildman–Crippen LogP) is 3.15. The summed E-state index contributed by atoms with van der Waals surface area (Å²) in [6.45, 7) is 4.96. The molecule has 2 fully saturated rings. The molecule has 2 amide bonds. The molecule has 0 radical (unpaired) electrons. The van der Waals surface area contributed by atoms with Crippen LogP contribution >= 0.6 is 11.8 Å². The summed E-state index contributed by atoms with van der Waals surface area (Å²) in [6.07, 6.45) is 5.54. The maximum atomic E-state index is 12.7. The van der Waals surface area contributed by atoms with Gasteiger partial charge in [0.25, 0.3) is 0 Å². The van der Waals surface area contributed by atoms with Gasteiger partial charge in [-0.2, -0.15) is 0 Å². The highest BCUT2D eigenvalue weighted by Crippen LogP contribution is 2.26. The number of imidazole rings is 1. The Hall–Kier alpha value is -2.02. The van der Waals surface area contributed by atoms with Crippen LogP contribution in [0.5, 0.6) is 0 Å². The third-order valence-electron chi connectivity index (χ3n) is 5.82. The third-order valence-corrected chi connectivity index (χ3v) is 6.78. The van der Waals surface area contributed by atoms with Crippen LogP contribution in [0.2, 0.25) is 0 Å². The fraction of sp³-hybridized carbons (Fsp3) is 0.571. The first kappa shape index (κ1) is 19.3. The molecule has 6 nitrogen and oxygen atoms in total. The van der Waals surface area contributed by atoms with Gasteiger partial charge in [0.2, 0.25) is 11.8 Å². The van der Waals surface area contributed by atoms with E-state index in [1.807, 2.05) is 38.6 Å². The third kappa shape index (κ3) is 4.04. The van der Waals surface area contributed by atoms with E-state index in [0.29, 0.717) is 11.8 Å². The molecular formula is C21H28N4O2S. The smallest absolute Gasteiger partial charge is 0.242 e. The molecule has 0 spiro atoms. The molecule has 0 bridgehead atoms. The lowest BCUT2D eigenvalue weighted by atomic mass is 10.0. The molecule has 3 heterocycles. The summed E-state index contributed by atoms with van der Waals surface area (Å²) in [5.74, 6) is 0.672. The molecule has 150 valence electrons. The van der Waals surface area contributed by atoms with Crippen LogP contribution in [0.15, 0.2) is 29.4 Å². The molecule has 0 saturated carbocycles. The number of hydrogen-bond donors (Lipinski definition) is 0. The second-order valence-corrected chi connectivity index (χ2v) is 8.72. The fourth-order valence-electron chi connectivity index (χ4n) is 4.20. The summed E-state index contributed by atoms with van der Waals surface area (Å²) in [5.41, 5.74) is 1.83. The summed E-state index contributed by atoms with van der Waals surface area (Å²) in [6, 6.07) is 8.20. The minimum atomic E-state index is 0.137. The molecular weight excluding hydrogens is 372 g/mol. The van der Waals surface area contributed by atoms with Crippen LogP contribution in [0.1, 0.15) is 39.0 Å². The van der Waals surface area contributed by atoms with Crippen LogP contribution in [0.25, 0.3) is 11.0 Å². The van der Waals surface area contributed by atoms with Crippen LogP contribution in [0.3, 0.4) is 0 Å². The van der Waals surface area contributed by atoms with E-state index < -0.39 is 0 Å². The Morgan fingerprint density at radius 1 is 1.07 bits per heavy atom. The summed E-state index contributed by atoms with van der Waals surface area (Å²) in [7, 11) is 0. The summed E-state index contributed by atoms with van der Waals surface area (Å²) < 4.78 is 1.98. The largest absolute Gasteiger partial charge is 0.341 e. The van der Waals surface area contributed by atoms with Crippen molar-refractivity contribution >= 4 is 34.6 Å². The Balaban J connectivity index is 1.51. The second kappa shape index (κ2) is 8.55. The Morgan fingerprint density at radius 2 is 1.82 bits per heavy atom. The molecule has 0 aliphatic carbocycles. The van der Waals surface area contributed by atoms with Gasteiger partial charge in [-0.05, 0) is 51.2 Å². The van der Waals surface area contributed by atoms with Gasteiger partial charge in [0.1, 0.15) is 6.54 Å². The fourth-order valence-corrected chi connectivity index (χ4v) is 5.10. The van der Waals surface area contributed by atoms with Crippen molar-refractivity contribution in [1.82, 2.24) is 19.4 Å². The van der Waals surface area contributed by atoms with Crippen molar-refractivity contribution in [2.75, 3.05) is 25.4 Å². The van der Waals surface area contributed by atoms with Gasteiger partial charge in [-0.1, -0.05) is 23.9 Å². The molecule has 0 N–H and O–H groups in total. The van der Waals surface area contributed by atoms with Crippen molar-refractivity contribution in [3.63, 3.8) is 0 Å². The molecule has 1 aromatic carbocycles. The Morgan fingerprint density at radius 3 is 2.61 bits per heavy atom. The first-order valence-corrected chi connectivity index (χ1v) is 11.3. The standard InChI is InChI=1S/C21H28N4O2S/c1-16-8-4-5-13-24(16)20(27)15-28-21-22-17-9-2-3-10-18(17)25(21)14-19(26)23-11-6-7-12-23/h2-3,9-10,16H,4-8,11-15H2,1H3/t16-/m0/s1. The molecule has 7 heteroatoms.